The number of esters is 2. The third-order valence-corrected chi connectivity index (χ3v) is 16.0. The van der Waals surface area contributed by atoms with Crippen LogP contribution in [0.5, 0.6) is 0 Å². The van der Waals surface area contributed by atoms with Crippen molar-refractivity contribution in [1.82, 2.24) is 0 Å². The largest absolute Gasteiger partial charge is 0.472 e. The van der Waals surface area contributed by atoms with Gasteiger partial charge in [0, 0.05) is 12.8 Å². The summed E-state index contributed by atoms with van der Waals surface area (Å²) in [5.74, 6) is -0.794. The van der Waals surface area contributed by atoms with E-state index in [9.17, 15) is 19.0 Å². The van der Waals surface area contributed by atoms with Crippen molar-refractivity contribution in [3.63, 3.8) is 0 Å². The third-order valence-electron chi connectivity index (χ3n) is 15.0. The van der Waals surface area contributed by atoms with Crippen LogP contribution < -0.4 is 0 Å². The smallest absolute Gasteiger partial charge is 0.462 e. The molecule has 2 unspecified atom stereocenters. The van der Waals surface area contributed by atoms with E-state index in [2.05, 4.69) is 74.6 Å². The second-order valence-electron chi connectivity index (χ2n) is 24.2. The summed E-state index contributed by atoms with van der Waals surface area (Å²) in [6.45, 7) is 4.42. The molecule has 0 aromatic rings. The number of carbonyl (C=O) groups is 2. The number of hydrogen-bond acceptors (Lipinski definition) is 7. The van der Waals surface area contributed by atoms with Gasteiger partial charge in [-0.2, -0.15) is 0 Å². The molecular weight excluding hydrogens is 1010 g/mol. The molecule has 0 heterocycles. The molecule has 0 saturated carbocycles. The number of unbranched alkanes of at least 4 members (excludes halogenated alkanes) is 39. The number of likely N-dealkylation sites (N-methyl/N-ethyl adjacent to an activating group) is 1. The number of allylic oxidation sites excluding steroid dienone is 10. The summed E-state index contributed by atoms with van der Waals surface area (Å²) in [7, 11) is 1.48. The molecule has 0 radical (unpaired) electrons. The molecule has 0 aromatic carbocycles. The van der Waals surface area contributed by atoms with Gasteiger partial charge in [-0.3, -0.25) is 18.6 Å². The highest BCUT2D eigenvalue weighted by molar-refractivity contribution is 7.47. The van der Waals surface area contributed by atoms with Crippen molar-refractivity contribution >= 4 is 19.8 Å². The van der Waals surface area contributed by atoms with Crippen molar-refractivity contribution in [1.29, 1.82) is 0 Å². The number of nitrogens with zero attached hydrogens (tertiary/aromatic N) is 1. The number of hydrogen-bond donors (Lipinski definition) is 1. The fraction of sp³-hybridized carbons (Fsp3) is 0.829. The Morgan fingerprint density at radius 1 is 0.388 bits per heavy atom. The highest BCUT2D eigenvalue weighted by Crippen LogP contribution is 2.43. The lowest BCUT2D eigenvalue weighted by Gasteiger charge is -2.24. The van der Waals surface area contributed by atoms with Gasteiger partial charge in [0.2, 0.25) is 0 Å². The van der Waals surface area contributed by atoms with Crippen LogP contribution in [0.25, 0.3) is 0 Å². The molecule has 0 aromatic heterocycles. The molecule has 2 atom stereocenters. The van der Waals surface area contributed by atoms with E-state index < -0.39 is 26.5 Å². The fourth-order valence-corrected chi connectivity index (χ4v) is 10.5. The Morgan fingerprint density at radius 2 is 0.675 bits per heavy atom. The molecule has 0 bridgehead atoms. The van der Waals surface area contributed by atoms with Gasteiger partial charge in [0.25, 0.3) is 0 Å². The fourth-order valence-electron chi connectivity index (χ4n) is 9.76. The van der Waals surface area contributed by atoms with E-state index in [-0.39, 0.29) is 32.0 Å². The van der Waals surface area contributed by atoms with Gasteiger partial charge in [-0.1, -0.05) is 286 Å². The average molecular weight is 1150 g/mol. The van der Waals surface area contributed by atoms with Gasteiger partial charge in [0.15, 0.2) is 6.10 Å². The summed E-state index contributed by atoms with van der Waals surface area (Å²) < 4.78 is 34.6. The number of rotatable bonds is 63. The van der Waals surface area contributed by atoms with Crippen LogP contribution >= 0.6 is 7.82 Å². The summed E-state index contributed by atoms with van der Waals surface area (Å²) in [6.07, 6.45) is 80.5. The Hall–Kier alpha value is -2.29. The van der Waals surface area contributed by atoms with Gasteiger partial charge in [-0.15, -0.1) is 0 Å². The molecule has 1 N–H and O–H groups in total. The summed E-state index contributed by atoms with van der Waals surface area (Å²) in [5, 5.41) is 0. The maximum absolute atomic E-state index is 12.8. The molecule has 0 fully saturated rings. The standard InChI is InChI=1S/C70H130NO8P/c1-6-8-10-12-14-16-18-20-22-24-25-26-27-28-29-30-31-32-33-34-35-36-37-38-39-40-41-42-43-44-45-47-49-51-53-55-57-59-61-63-70(73)79-68(67-78-80(74,75)77-65-64-71(3,4)5)66-76-69(72)62-60-58-56-54-52-50-48-46-23-21-19-17-15-13-11-9-7-2/h15,17-18,20-21,23-25,27-28,68H,6-14,16,19,22,26,29-67H2,1-5H3/p+1/b17-15-,20-18-,23-21-,25-24-,28-27-. The van der Waals surface area contributed by atoms with Crippen LogP contribution in [0, 0.1) is 0 Å². The van der Waals surface area contributed by atoms with E-state index in [1.54, 1.807) is 0 Å². The van der Waals surface area contributed by atoms with Gasteiger partial charge in [-0.25, -0.2) is 4.57 Å². The quantitative estimate of drug-likeness (QED) is 0.0211. The van der Waals surface area contributed by atoms with Crippen molar-refractivity contribution in [2.45, 2.75) is 328 Å². The lowest BCUT2D eigenvalue weighted by atomic mass is 10.0. The predicted octanol–water partition coefficient (Wildman–Crippen LogP) is 21.8. The maximum atomic E-state index is 12.8. The Kier molecular flexibility index (Phi) is 59.5. The molecule has 0 rings (SSSR count). The van der Waals surface area contributed by atoms with E-state index in [4.69, 9.17) is 18.5 Å². The first kappa shape index (κ1) is 77.7. The van der Waals surface area contributed by atoms with Gasteiger partial charge >= 0.3 is 19.8 Å². The first-order chi connectivity index (χ1) is 39.0. The number of carbonyl (C=O) groups excluding carboxylic acids is 2. The second-order valence-corrected chi connectivity index (χ2v) is 25.7. The van der Waals surface area contributed by atoms with Gasteiger partial charge < -0.3 is 18.9 Å². The molecule has 0 spiro atoms. The van der Waals surface area contributed by atoms with Crippen LogP contribution in [-0.2, 0) is 32.7 Å². The van der Waals surface area contributed by atoms with Crippen molar-refractivity contribution in [2.24, 2.45) is 0 Å². The van der Waals surface area contributed by atoms with E-state index in [0.29, 0.717) is 17.4 Å². The molecule has 80 heavy (non-hydrogen) atoms. The molecular formula is C70H131NO8P+. The van der Waals surface area contributed by atoms with Crippen LogP contribution in [0.1, 0.15) is 322 Å². The van der Waals surface area contributed by atoms with Crippen LogP contribution in [0.4, 0.5) is 0 Å². The van der Waals surface area contributed by atoms with Crippen LogP contribution in [0.2, 0.25) is 0 Å². The minimum atomic E-state index is -4.39. The highest BCUT2D eigenvalue weighted by atomic mass is 31.2. The third kappa shape index (κ3) is 64.9. The first-order valence-corrected chi connectivity index (χ1v) is 35.5. The van der Waals surface area contributed by atoms with Crippen molar-refractivity contribution in [3.8, 4) is 0 Å². The van der Waals surface area contributed by atoms with Crippen molar-refractivity contribution in [2.75, 3.05) is 47.5 Å². The summed E-state index contributed by atoms with van der Waals surface area (Å²) in [5.41, 5.74) is 0. The first-order valence-electron chi connectivity index (χ1n) is 34.0. The normalized spacial score (nSPS) is 13.5. The monoisotopic (exact) mass is 1140 g/mol. The predicted molar refractivity (Wildman–Crippen MR) is 344 cm³/mol. The maximum Gasteiger partial charge on any atom is 0.472 e. The Morgan fingerprint density at radius 3 is 1.02 bits per heavy atom. The van der Waals surface area contributed by atoms with Crippen LogP contribution in [0.15, 0.2) is 60.8 Å². The molecule has 0 saturated heterocycles. The molecule has 9 nitrogen and oxygen atoms in total. The average Bonchev–Trinajstić information content (AvgIpc) is 3.42. The lowest BCUT2D eigenvalue weighted by Crippen LogP contribution is -2.37. The zero-order valence-corrected chi connectivity index (χ0v) is 54.2. The van der Waals surface area contributed by atoms with Gasteiger partial charge in [0.1, 0.15) is 19.8 Å². The molecule has 10 heteroatoms. The molecule has 0 amide bonds. The number of phosphoric ester groups is 1. The summed E-state index contributed by atoms with van der Waals surface area (Å²) >= 11 is 0. The van der Waals surface area contributed by atoms with Crippen molar-refractivity contribution in [3.05, 3.63) is 60.8 Å². The molecule has 0 aliphatic carbocycles. The highest BCUT2D eigenvalue weighted by Gasteiger charge is 2.27. The summed E-state index contributed by atoms with van der Waals surface area (Å²) in [6, 6.07) is 0. The van der Waals surface area contributed by atoms with Crippen LogP contribution in [0.3, 0.4) is 0 Å². The Bertz CT molecular complexity index is 1530. The van der Waals surface area contributed by atoms with E-state index >= 15 is 0 Å². The molecule has 0 aliphatic rings. The van der Waals surface area contributed by atoms with E-state index in [0.717, 1.165) is 64.2 Å². The van der Waals surface area contributed by atoms with Gasteiger partial charge in [0.05, 0.1) is 27.7 Å². The minimum absolute atomic E-state index is 0.0309. The SMILES string of the molecule is CCCCC/C=C\C/C=C\CCCCCCCCCC(=O)OCC(COP(=O)(O)OCC[N+](C)(C)C)OC(=O)CCCCCCCCCCCCCCCCCCCCCCCCCC/C=C\C/C=C\C/C=C\CCCCCCC. The van der Waals surface area contributed by atoms with E-state index in [1.807, 2.05) is 21.1 Å². The van der Waals surface area contributed by atoms with Crippen LogP contribution in [-0.4, -0.2) is 74.9 Å². The minimum Gasteiger partial charge on any atom is -0.462 e. The Balaban J connectivity index is 3.92. The zero-order valence-electron chi connectivity index (χ0n) is 53.3. The summed E-state index contributed by atoms with van der Waals surface area (Å²) in [4.78, 5) is 35.8. The van der Waals surface area contributed by atoms with Gasteiger partial charge in [-0.05, 0) is 83.5 Å². The molecule has 0 aliphatic heterocycles. The number of ether oxygens (including phenoxy) is 2. The lowest BCUT2D eigenvalue weighted by molar-refractivity contribution is -0.870. The topological polar surface area (TPSA) is 108 Å². The zero-order chi connectivity index (χ0) is 58.4. The van der Waals surface area contributed by atoms with E-state index in [1.165, 1.54) is 225 Å². The second kappa shape index (κ2) is 61.3. The van der Waals surface area contributed by atoms with Crippen molar-refractivity contribution < 1.29 is 42.1 Å². The Labute approximate surface area is 496 Å². The molecule has 468 valence electrons. The number of quaternary nitrogens is 1. The number of phosphoric acid groups is 1.